The van der Waals surface area contributed by atoms with Crippen LogP contribution in [0.25, 0.3) is 10.9 Å². The Kier molecular flexibility index (Phi) is 5.54. The summed E-state index contributed by atoms with van der Waals surface area (Å²) in [7, 11) is -3.13. The van der Waals surface area contributed by atoms with E-state index >= 15 is 0 Å². The molecule has 1 heterocycles. The van der Waals surface area contributed by atoms with Crippen molar-refractivity contribution in [1.82, 2.24) is 9.71 Å². The minimum absolute atomic E-state index is 0.0467. The zero-order valence-electron chi connectivity index (χ0n) is 14.3. The summed E-state index contributed by atoms with van der Waals surface area (Å²) < 4.78 is 40.1. The Morgan fingerprint density at radius 3 is 2.72 bits per heavy atom. The Bertz CT molecular complexity index is 833. The fraction of sp³-hybridized carbons (Fsp3) is 0.500. The van der Waals surface area contributed by atoms with E-state index in [1.165, 1.54) is 6.07 Å². The first-order valence-corrected chi connectivity index (χ1v) is 10.4. The molecule has 1 aliphatic rings. The van der Waals surface area contributed by atoms with E-state index in [0.717, 1.165) is 43.3 Å². The Balaban J connectivity index is 1.53. The van der Waals surface area contributed by atoms with Crippen molar-refractivity contribution >= 4 is 26.6 Å². The number of hydrogen-bond donors (Lipinski definition) is 2. The number of sulfonamides is 1. The number of rotatable bonds is 6. The van der Waals surface area contributed by atoms with E-state index in [2.05, 4.69) is 15.0 Å². The number of halogens is 1. The predicted molar refractivity (Wildman–Crippen MR) is 98.5 cm³/mol. The van der Waals surface area contributed by atoms with Crippen molar-refractivity contribution < 1.29 is 12.8 Å². The average molecular weight is 365 g/mol. The van der Waals surface area contributed by atoms with Gasteiger partial charge in [0.15, 0.2) is 5.82 Å². The van der Waals surface area contributed by atoms with Crippen LogP contribution in [0, 0.1) is 11.7 Å². The quantitative estimate of drug-likeness (QED) is 0.824. The molecule has 0 unspecified atom stereocenters. The maximum absolute atomic E-state index is 14.1. The highest BCUT2D eigenvalue weighted by Crippen LogP contribution is 2.26. The number of hydrogen-bond acceptors (Lipinski definition) is 4. The first-order chi connectivity index (χ1) is 12.0. The van der Waals surface area contributed by atoms with Gasteiger partial charge in [0.05, 0.1) is 5.75 Å². The Morgan fingerprint density at radius 2 is 2.00 bits per heavy atom. The van der Waals surface area contributed by atoms with Crippen molar-refractivity contribution in [2.75, 3.05) is 17.6 Å². The zero-order chi connectivity index (χ0) is 17.9. The molecule has 0 spiro atoms. The maximum atomic E-state index is 14.1. The molecule has 1 saturated carbocycles. The lowest BCUT2D eigenvalue weighted by molar-refractivity contribution is 0.324. The van der Waals surface area contributed by atoms with Gasteiger partial charge in [0.1, 0.15) is 5.52 Å². The second kappa shape index (κ2) is 7.66. The van der Waals surface area contributed by atoms with Crippen molar-refractivity contribution in [2.24, 2.45) is 5.92 Å². The van der Waals surface area contributed by atoms with Gasteiger partial charge in [-0.1, -0.05) is 6.07 Å². The normalized spacial score (nSPS) is 21.4. The van der Waals surface area contributed by atoms with Gasteiger partial charge in [-0.15, -0.1) is 0 Å². The summed E-state index contributed by atoms with van der Waals surface area (Å²) in [6, 6.07) is 7.08. The molecule has 25 heavy (non-hydrogen) atoms. The van der Waals surface area contributed by atoms with Crippen LogP contribution >= 0.6 is 0 Å². The third-order valence-electron chi connectivity index (χ3n) is 4.83. The molecule has 7 heteroatoms. The van der Waals surface area contributed by atoms with Crippen molar-refractivity contribution in [1.29, 1.82) is 0 Å². The monoisotopic (exact) mass is 365 g/mol. The van der Waals surface area contributed by atoms with Crippen molar-refractivity contribution in [3.05, 3.63) is 36.3 Å². The fourth-order valence-corrected chi connectivity index (χ4v) is 4.24. The van der Waals surface area contributed by atoms with E-state index < -0.39 is 10.0 Å². The fourth-order valence-electron chi connectivity index (χ4n) is 3.33. The summed E-state index contributed by atoms with van der Waals surface area (Å²) in [6.45, 7) is 2.41. The molecule has 0 amide bonds. The highest BCUT2D eigenvalue weighted by atomic mass is 32.2. The molecule has 5 nitrogen and oxygen atoms in total. The Hall–Kier alpha value is -1.73. The third kappa shape index (κ3) is 4.67. The number of nitrogens with one attached hydrogen (secondary N) is 2. The summed E-state index contributed by atoms with van der Waals surface area (Å²) >= 11 is 0. The van der Waals surface area contributed by atoms with Gasteiger partial charge in [-0.05, 0) is 56.7 Å². The van der Waals surface area contributed by atoms with Gasteiger partial charge in [0, 0.05) is 29.9 Å². The molecule has 0 radical (unpaired) electrons. The van der Waals surface area contributed by atoms with Gasteiger partial charge in [0.2, 0.25) is 10.0 Å². The van der Waals surface area contributed by atoms with Gasteiger partial charge in [-0.2, -0.15) is 0 Å². The van der Waals surface area contributed by atoms with Crippen LogP contribution in [0.2, 0.25) is 0 Å². The molecule has 0 aliphatic heterocycles. The Morgan fingerprint density at radius 1 is 1.24 bits per heavy atom. The maximum Gasteiger partial charge on any atom is 0.211 e. The lowest BCUT2D eigenvalue weighted by Crippen LogP contribution is -2.39. The number of nitrogens with zero attached hydrogens (tertiary/aromatic N) is 1. The molecule has 0 bridgehead atoms. The molecule has 2 N–H and O–H groups in total. The minimum Gasteiger partial charge on any atom is -0.385 e. The molecule has 2 aromatic rings. The number of anilines is 1. The first kappa shape index (κ1) is 18.1. The summed E-state index contributed by atoms with van der Waals surface area (Å²) in [6.07, 6.45) is 5.20. The number of fused-ring (bicyclic) bond motifs is 1. The van der Waals surface area contributed by atoms with Crippen LogP contribution in [0.5, 0.6) is 0 Å². The number of aromatic nitrogens is 1. The summed E-state index contributed by atoms with van der Waals surface area (Å²) in [5, 5.41) is 4.10. The van der Waals surface area contributed by atoms with Crippen LogP contribution in [0.4, 0.5) is 10.1 Å². The van der Waals surface area contributed by atoms with Crippen LogP contribution < -0.4 is 10.0 Å². The van der Waals surface area contributed by atoms with E-state index in [9.17, 15) is 12.8 Å². The van der Waals surface area contributed by atoms with Crippen molar-refractivity contribution in [3.8, 4) is 0 Å². The first-order valence-electron chi connectivity index (χ1n) is 8.75. The Labute approximate surface area is 148 Å². The summed E-state index contributed by atoms with van der Waals surface area (Å²) in [5.74, 6) is 0.268. The van der Waals surface area contributed by atoms with Crippen LogP contribution in [0.1, 0.15) is 32.6 Å². The highest BCUT2D eigenvalue weighted by molar-refractivity contribution is 7.89. The lowest BCUT2D eigenvalue weighted by atomic mass is 9.86. The largest absolute Gasteiger partial charge is 0.385 e. The van der Waals surface area contributed by atoms with Crippen LogP contribution in [0.3, 0.4) is 0 Å². The second-order valence-electron chi connectivity index (χ2n) is 6.65. The highest BCUT2D eigenvalue weighted by Gasteiger charge is 2.24. The van der Waals surface area contributed by atoms with Gasteiger partial charge < -0.3 is 5.32 Å². The third-order valence-corrected chi connectivity index (χ3v) is 6.28. The van der Waals surface area contributed by atoms with Crippen LogP contribution in [0.15, 0.2) is 30.5 Å². The molecule has 136 valence electrons. The molecular formula is C18H24FN3O2S. The van der Waals surface area contributed by atoms with Gasteiger partial charge in [-0.25, -0.2) is 17.5 Å². The SMILES string of the molecule is CCS(=O)(=O)N[C@H]1CC[C@H](CNc2cc(F)c3ncccc3c2)CC1. The van der Waals surface area contributed by atoms with Gasteiger partial charge in [-0.3, -0.25) is 4.98 Å². The topological polar surface area (TPSA) is 71.1 Å². The molecule has 0 saturated heterocycles. The second-order valence-corrected chi connectivity index (χ2v) is 8.70. The molecule has 0 atom stereocenters. The van der Waals surface area contributed by atoms with Crippen molar-refractivity contribution in [3.63, 3.8) is 0 Å². The molecule has 1 aromatic carbocycles. The molecule has 1 fully saturated rings. The summed E-state index contributed by atoms with van der Waals surface area (Å²) in [5.41, 5.74) is 1.14. The van der Waals surface area contributed by atoms with Crippen LogP contribution in [-0.4, -0.2) is 31.7 Å². The minimum atomic E-state index is -3.13. The average Bonchev–Trinajstić information content (AvgIpc) is 2.61. The molecule has 3 rings (SSSR count). The van der Waals surface area contributed by atoms with E-state index in [1.54, 1.807) is 19.2 Å². The molecular weight excluding hydrogens is 341 g/mol. The molecule has 1 aromatic heterocycles. The van der Waals surface area contributed by atoms with E-state index in [0.29, 0.717) is 11.4 Å². The van der Waals surface area contributed by atoms with Crippen molar-refractivity contribution in [2.45, 2.75) is 38.6 Å². The smallest absolute Gasteiger partial charge is 0.211 e. The predicted octanol–water partition coefficient (Wildman–Crippen LogP) is 3.28. The number of benzene rings is 1. The number of pyridine rings is 1. The van der Waals surface area contributed by atoms with E-state index in [-0.39, 0.29) is 17.6 Å². The van der Waals surface area contributed by atoms with E-state index in [4.69, 9.17) is 0 Å². The zero-order valence-corrected chi connectivity index (χ0v) is 15.2. The van der Waals surface area contributed by atoms with Crippen LogP contribution in [-0.2, 0) is 10.0 Å². The van der Waals surface area contributed by atoms with Gasteiger partial charge >= 0.3 is 0 Å². The van der Waals surface area contributed by atoms with Gasteiger partial charge in [0.25, 0.3) is 0 Å². The molecule has 1 aliphatic carbocycles. The lowest BCUT2D eigenvalue weighted by Gasteiger charge is -2.29. The standard InChI is InChI=1S/C18H24FN3O2S/c1-2-25(23,24)22-15-7-5-13(6-8-15)12-21-16-10-14-4-3-9-20-18(14)17(19)11-16/h3-4,9-11,13,15,21-22H,2,5-8,12H2,1H3/t13-,15-. The van der Waals surface area contributed by atoms with E-state index in [1.807, 2.05) is 12.1 Å². The summed E-state index contributed by atoms with van der Waals surface area (Å²) in [4.78, 5) is 4.06.